The van der Waals surface area contributed by atoms with Crippen LogP contribution in [0.15, 0.2) is 17.4 Å². The van der Waals surface area contributed by atoms with E-state index in [2.05, 4.69) is 53.4 Å². The summed E-state index contributed by atoms with van der Waals surface area (Å²) in [5, 5.41) is 7.79. The molecule has 0 spiro atoms. The molecule has 0 amide bonds. The summed E-state index contributed by atoms with van der Waals surface area (Å²) >= 11 is 2.00. The van der Waals surface area contributed by atoms with E-state index in [1.165, 1.54) is 25.7 Å². The number of aliphatic imine (C=N–C) groups is 1. The SMILES string of the molecule is CCNC(=NCc1nccn1CC(C)C)NC1CCCC(SC)C1. The van der Waals surface area contributed by atoms with Gasteiger partial charge in [0.2, 0.25) is 0 Å². The monoisotopic (exact) mass is 351 g/mol. The summed E-state index contributed by atoms with van der Waals surface area (Å²) in [6, 6.07) is 0.532. The summed E-state index contributed by atoms with van der Waals surface area (Å²) in [5.74, 6) is 2.56. The van der Waals surface area contributed by atoms with Crippen LogP contribution in [-0.4, -0.2) is 39.6 Å². The molecule has 136 valence electrons. The smallest absolute Gasteiger partial charge is 0.191 e. The number of hydrogen-bond donors (Lipinski definition) is 2. The van der Waals surface area contributed by atoms with Crippen molar-refractivity contribution < 1.29 is 0 Å². The molecule has 2 unspecified atom stereocenters. The maximum atomic E-state index is 4.77. The zero-order chi connectivity index (χ0) is 17.4. The minimum Gasteiger partial charge on any atom is -0.357 e. The van der Waals surface area contributed by atoms with Crippen LogP contribution in [-0.2, 0) is 13.1 Å². The fourth-order valence-corrected chi connectivity index (χ4v) is 4.03. The van der Waals surface area contributed by atoms with Crippen LogP contribution in [0.1, 0.15) is 52.3 Å². The van der Waals surface area contributed by atoms with Crippen molar-refractivity contribution in [2.75, 3.05) is 12.8 Å². The average molecular weight is 352 g/mol. The molecule has 0 aromatic carbocycles. The Kier molecular flexibility index (Phi) is 7.95. The van der Waals surface area contributed by atoms with E-state index in [9.17, 15) is 0 Å². The summed E-state index contributed by atoms with van der Waals surface area (Å²) in [7, 11) is 0. The molecule has 1 aromatic rings. The standard InChI is InChI=1S/C18H33N5S/c1-5-19-18(22-15-7-6-8-16(11-15)24-4)21-12-17-20-9-10-23(17)13-14(2)3/h9-10,14-16H,5-8,11-13H2,1-4H3,(H2,19,21,22). The van der Waals surface area contributed by atoms with Gasteiger partial charge in [-0.15, -0.1) is 0 Å². The summed E-state index contributed by atoms with van der Waals surface area (Å²) in [4.78, 5) is 9.24. The van der Waals surface area contributed by atoms with Crippen LogP contribution in [0, 0.1) is 5.92 Å². The van der Waals surface area contributed by atoms with Gasteiger partial charge >= 0.3 is 0 Å². The summed E-state index contributed by atoms with van der Waals surface area (Å²) < 4.78 is 2.21. The number of imidazole rings is 1. The van der Waals surface area contributed by atoms with Crippen LogP contribution >= 0.6 is 11.8 Å². The maximum absolute atomic E-state index is 4.77. The van der Waals surface area contributed by atoms with Gasteiger partial charge in [0.15, 0.2) is 5.96 Å². The molecule has 2 rings (SSSR count). The molecule has 1 fully saturated rings. The van der Waals surface area contributed by atoms with E-state index < -0.39 is 0 Å². The van der Waals surface area contributed by atoms with Crippen LogP contribution in [0.25, 0.3) is 0 Å². The Morgan fingerprint density at radius 1 is 1.46 bits per heavy atom. The lowest BCUT2D eigenvalue weighted by atomic mass is 9.95. The Morgan fingerprint density at radius 2 is 2.29 bits per heavy atom. The highest BCUT2D eigenvalue weighted by Gasteiger charge is 2.21. The van der Waals surface area contributed by atoms with Gasteiger partial charge in [-0.3, -0.25) is 0 Å². The second kappa shape index (κ2) is 9.97. The number of nitrogens with one attached hydrogen (secondary N) is 2. The number of nitrogens with zero attached hydrogens (tertiary/aromatic N) is 3. The Balaban J connectivity index is 1.96. The highest BCUT2D eigenvalue weighted by molar-refractivity contribution is 7.99. The molecular weight excluding hydrogens is 318 g/mol. The Bertz CT molecular complexity index is 511. The lowest BCUT2D eigenvalue weighted by Crippen LogP contribution is -2.45. The summed E-state index contributed by atoms with van der Waals surface area (Å²) in [6.45, 7) is 9.06. The minimum atomic E-state index is 0.532. The topological polar surface area (TPSA) is 54.2 Å². The van der Waals surface area contributed by atoms with Gasteiger partial charge in [0.05, 0.1) is 0 Å². The number of aromatic nitrogens is 2. The normalized spacial score (nSPS) is 22.0. The van der Waals surface area contributed by atoms with Crippen molar-refractivity contribution in [3.8, 4) is 0 Å². The summed E-state index contributed by atoms with van der Waals surface area (Å²) in [5.41, 5.74) is 0. The van der Waals surface area contributed by atoms with Crippen molar-refractivity contribution in [2.24, 2.45) is 10.9 Å². The van der Waals surface area contributed by atoms with Crippen molar-refractivity contribution in [3.63, 3.8) is 0 Å². The lowest BCUT2D eigenvalue weighted by Gasteiger charge is -2.29. The fraction of sp³-hybridized carbons (Fsp3) is 0.778. The first-order valence-electron chi connectivity index (χ1n) is 9.20. The summed E-state index contributed by atoms with van der Waals surface area (Å²) in [6.07, 6.45) is 11.3. The van der Waals surface area contributed by atoms with E-state index in [4.69, 9.17) is 4.99 Å². The average Bonchev–Trinajstić information content (AvgIpc) is 2.99. The van der Waals surface area contributed by atoms with Crippen LogP contribution in [0.5, 0.6) is 0 Å². The predicted molar refractivity (Wildman–Crippen MR) is 105 cm³/mol. The van der Waals surface area contributed by atoms with E-state index in [0.29, 0.717) is 18.5 Å². The van der Waals surface area contributed by atoms with Crippen molar-refractivity contribution in [3.05, 3.63) is 18.2 Å². The van der Waals surface area contributed by atoms with Crippen LogP contribution < -0.4 is 10.6 Å². The lowest BCUT2D eigenvalue weighted by molar-refractivity contribution is 0.419. The Labute approximate surface area is 151 Å². The third kappa shape index (κ3) is 6.04. The molecule has 1 aliphatic carbocycles. The molecule has 1 aromatic heterocycles. The highest BCUT2D eigenvalue weighted by Crippen LogP contribution is 2.26. The van der Waals surface area contributed by atoms with Gasteiger partial charge in [-0.2, -0.15) is 11.8 Å². The quantitative estimate of drug-likeness (QED) is 0.585. The Morgan fingerprint density at radius 3 is 3.00 bits per heavy atom. The van der Waals surface area contributed by atoms with Gasteiger partial charge in [-0.05, 0) is 38.4 Å². The van der Waals surface area contributed by atoms with E-state index in [1.54, 1.807) is 0 Å². The van der Waals surface area contributed by atoms with Crippen LogP contribution in [0.2, 0.25) is 0 Å². The third-order valence-corrected chi connectivity index (χ3v) is 5.48. The minimum absolute atomic E-state index is 0.532. The van der Waals surface area contributed by atoms with Gasteiger partial charge in [-0.1, -0.05) is 20.3 Å². The molecule has 0 aliphatic heterocycles. The van der Waals surface area contributed by atoms with Crippen molar-refractivity contribution in [2.45, 2.75) is 70.8 Å². The molecule has 0 bridgehead atoms. The highest BCUT2D eigenvalue weighted by atomic mass is 32.2. The first-order chi connectivity index (χ1) is 11.6. The van der Waals surface area contributed by atoms with E-state index in [-0.39, 0.29) is 0 Å². The van der Waals surface area contributed by atoms with E-state index >= 15 is 0 Å². The van der Waals surface area contributed by atoms with Crippen LogP contribution in [0.3, 0.4) is 0 Å². The third-order valence-electron chi connectivity index (χ3n) is 4.39. The zero-order valence-corrected chi connectivity index (χ0v) is 16.4. The zero-order valence-electron chi connectivity index (χ0n) is 15.6. The molecule has 5 nitrogen and oxygen atoms in total. The molecule has 0 radical (unpaired) electrons. The molecular formula is C18H33N5S. The van der Waals surface area contributed by atoms with Crippen molar-refractivity contribution in [1.82, 2.24) is 20.2 Å². The first kappa shape index (κ1) is 19.2. The van der Waals surface area contributed by atoms with Gasteiger partial charge < -0.3 is 15.2 Å². The molecule has 1 heterocycles. The molecule has 6 heteroatoms. The van der Waals surface area contributed by atoms with Crippen LogP contribution in [0.4, 0.5) is 0 Å². The van der Waals surface area contributed by atoms with E-state index in [0.717, 1.165) is 30.1 Å². The van der Waals surface area contributed by atoms with Gasteiger partial charge in [0, 0.05) is 36.8 Å². The fourth-order valence-electron chi connectivity index (χ4n) is 3.20. The second-order valence-electron chi connectivity index (χ2n) is 6.95. The first-order valence-corrected chi connectivity index (χ1v) is 10.5. The number of guanidine groups is 1. The van der Waals surface area contributed by atoms with Gasteiger partial charge in [0.1, 0.15) is 12.4 Å². The second-order valence-corrected chi connectivity index (χ2v) is 8.09. The number of thioether (sulfide) groups is 1. The number of hydrogen-bond acceptors (Lipinski definition) is 3. The Hall–Kier alpha value is -1.17. The molecule has 1 aliphatic rings. The van der Waals surface area contributed by atoms with E-state index in [1.807, 2.05) is 18.0 Å². The molecule has 1 saturated carbocycles. The number of rotatable bonds is 7. The maximum Gasteiger partial charge on any atom is 0.191 e. The van der Waals surface area contributed by atoms with Gasteiger partial charge in [0.25, 0.3) is 0 Å². The van der Waals surface area contributed by atoms with Gasteiger partial charge in [-0.25, -0.2) is 9.98 Å². The predicted octanol–water partition coefficient (Wildman–Crippen LogP) is 3.27. The molecule has 0 saturated heterocycles. The van der Waals surface area contributed by atoms with Crippen molar-refractivity contribution >= 4 is 17.7 Å². The molecule has 2 atom stereocenters. The molecule has 24 heavy (non-hydrogen) atoms. The van der Waals surface area contributed by atoms with Crippen molar-refractivity contribution in [1.29, 1.82) is 0 Å². The molecule has 2 N–H and O–H groups in total. The largest absolute Gasteiger partial charge is 0.357 e.